The Morgan fingerprint density at radius 3 is 2.42 bits per heavy atom. The zero-order valence-electron chi connectivity index (χ0n) is 15.6. The topological polar surface area (TPSA) is 52.5 Å². The van der Waals surface area contributed by atoms with Gasteiger partial charge in [0.1, 0.15) is 11.5 Å². The van der Waals surface area contributed by atoms with Gasteiger partial charge in [0.2, 0.25) is 0 Å². The number of aromatic hydroxyl groups is 2. The highest BCUT2D eigenvalue weighted by Crippen LogP contribution is 2.57. The molecule has 1 heterocycles. The molecule has 3 rings (SSSR count). The quantitative estimate of drug-likeness (QED) is 0.756. The van der Waals surface area contributed by atoms with Crippen LogP contribution in [0.4, 0.5) is 0 Å². The predicted octanol–water partition coefficient (Wildman–Crippen LogP) is 4.33. The van der Waals surface area contributed by atoms with Crippen LogP contribution in [0, 0.1) is 28.6 Å². The molecule has 1 saturated heterocycles. The second kappa shape index (κ2) is 6.25. The zero-order chi connectivity index (χ0) is 17.5. The number of hydrogen-bond donors (Lipinski definition) is 3. The highest BCUT2D eigenvalue weighted by atomic mass is 16.3. The Hall–Kier alpha value is -1.22. The number of hydrogen-bond acceptors (Lipinski definition) is 3. The van der Waals surface area contributed by atoms with Gasteiger partial charge < -0.3 is 15.5 Å². The lowest BCUT2D eigenvalue weighted by Gasteiger charge is -2.55. The second-order valence-corrected chi connectivity index (χ2v) is 9.20. The Bertz CT molecular complexity index is 577. The SMILES string of the molecule is CC1CCC2C(C)(C)CNCCC2(C)C1Cc1cc(O)cc(O)c1. The van der Waals surface area contributed by atoms with Crippen LogP contribution < -0.4 is 5.32 Å². The first-order chi connectivity index (χ1) is 11.2. The van der Waals surface area contributed by atoms with Crippen LogP contribution in [0.5, 0.6) is 11.5 Å². The van der Waals surface area contributed by atoms with Gasteiger partial charge in [0.05, 0.1) is 0 Å². The number of benzene rings is 1. The lowest BCUT2D eigenvalue weighted by atomic mass is 9.50. The molecule has 24 heavy (non-hydrogen) atoms. The maximum Gasteiger partial charge on any atom is 0.119 e. The van der Waals surface area contributed by atoms with Crippen LogP contribution >= 0.6 is 0 Å². The van der Waals surface area contributed by atoms with Crippen molar-refractivity contribution in [3.8, 4) is 11.5 Å². The molecule has 1 aromatic carbocycles. The van der Waals surface area contributed by atoms with E-state index in [1.54, 1.807) is 0 Å². The van der Waals surface area contributed by atoms with Gasteiger partial charge in [0, 0.05) is 12.6 Å². The summed E-state index contributed by atoms with van der Waals surface area (Å²) in [5.41, 5.74) is 1.66. The van der Waals surface area contributed by atoms with Crippen molar-refractivity contribution in [1.29, 1.82) is 0 Å². The monoisotopic (exact) mass is 331 g/mol. The molecule has 4 unspecified atom stereocenters. The molecule has 1 aromatic rings. The Balaban J connectivity index is 1.94. The average molecular weight is 332 g/mol. The summed E-state index contributed by atoms with van der Waals surface area (Å²) in [5, 5.41) is 23.3. The molecular formula is C21H33NO2. The number of rotatable bonds is 2. The third-order valence-corrected chi connectivity index (χ3v) is 7.02. The molecule has 0 bridgehead atoms. The zero-order valence-corrected chi connectivity index (χ0v) is 15.6. The van der Waals surface area contributed by atoms with Crippen molar-refractivity contribution >= 4 is 0 Å². The van der Waals surface area contributed by atoms with E-state index in [2.05, 4.69) is 33.0 Å². The van der Waals surface area contributed by atoms with Gasteiger partial charge in [0.15, 0.2) is 0 Å². The fraction of sp³-hybridized carbons (Fsp3) is 0.714. The summed E-state index contributed by atoms with van der Waals surface area (Å²) in [5.74, 6) is 2.30. The average Bonchev–Trinajstić information content (AvgIpc) is 2.58. The minimum atomic E-state index is 0.165. The van der Waals surface area contributed by atoms with Crippen LogP contribution in [-0.2, 0) is 6.42 Å². The third kappa shape index (κ3) is 3.15. The largest absolute Gasteiger partial charge is 0.508 e. The standard InChI is InChI=1S/C21H33NO2/c1-14-5-6-19-20(2,3)13-22-8-7-21(19,4)18(14)11-15-9-16(23)12-17(24)10-15/h9-10,12,14,18-19,22-24H,5-8,11,13H2,1-4H3. The molecule has 0 radical (unpaired) electrons. The van der Waals surface area contributed by atoms with Crippen molar-refractivity contribution in [2.75, 3.05) is 13.1 Å². The van der Waals surface area contributed by atoms with E-state index in [9.17, 15) is 10.2 Å². The molecule has 0 aromatic heterocycles. The smallest absolute Gasteiger partial charge is 0.119 e. The third-order valence-electron chi connectivity index (χ3n) is 7.02. The number of fused-ring (bicyclic) bond motifs is 1. The Morgan fingerprint density at radius 1 is 1.08 bits per heavy atom. The van der Waals surface area contributed by atoms with Crippen LogP contribution in [-0.4, -0.2) is 23.3 Å². The van der Waals surface area contributed by atoms with Gasteiger partial charge in [-0.25, -0.2) is 0 Å². The van der Waals surface area contributed by atoms with Crippen LogP contribution in [0.15, 0.2) is 18.2 Å². The first-order valence-corrected chi connectivity index (χ1v) is 9.45. The van der Waals surface area contributed by atoms with Crippen LogP contribution in [0.25, 0.3) is 0 Å². The summed E-state index contributed by atoms with van der Waals surface area (Å²) in [7, 11) is 0. The van der Waals surface area contributed by atoms with Gasteiger partial charge in [0.25, 0.3) is 0 Å². The Labute approximate surface area is 146 Å². The minimum Gasteiger partial charge on any atom is -0.508 e. The molecule has 0 spiro atoms. The summed E-state index contributed by atoms with van der Waals surface area (Å²) < 4.78 is 0. The van der Waals surface area contributed by atoms with Gasteiger partial charge in [-0.05, 0) is 72.1 Å². The van der Waals surface area contributed by atoms with Crippen LogP contribution in [0.1, 0.15) is 52.5 Å². The number of phenolic OH excluding ortho intramolecular Hbond substituents is 2. The lowest BCUT2D eigenvalue weighted by Crippen LogP contribution is -2.49. The van der Waals surface area contributed by atoms with Gasteiger partial charge in [-0.15, -0.1) is 0 Å². The Kier molecular flexibility index (Phi) is 4.59. The Morgan fingerprint density at radius 2 is 1.75 bits per heavy atom. The molecule has 3 nitrogen and oxygen atoms in total. The van der Waals surface area contributed by atoms with Crippen molar-refractivity contribution in [2.45, 2.75) is 53.4 Å². The summed E-state index contributed by atoms with van der Waals surface area (Å²) >= 11 is 0. The van der Waals surface area contributed by atoms with E-state index in [1.807, 2.05) is 12.1 Å². The molecule has 0 amide bonds. The normalized spacial score (nSPS) is 35.9. The van der Waals surface area contributed by atoms with E-state index in [1.165, 1.54) is 25.3 Å². The van der Waals surface area contributed by atoms with Crippen molar-refractivity contribution in [1.82, 2.24) is 5.32 Å². The van der Waals surface area contributed by atoms with E-state index in [0.717, 1.165) is 25.1 Å². The molecule has 2 fully saturated rings. The van der Waals surface area contributed by atoms with Crippen molar-refractivity contribution < 1.29 is 10.2 Å². The molecule has 1 aliphatic carbocycles. The van der Waals surface area contributed by atoms with E-state index < -0.39 is 0 Å². The first kappa shape index (κ1) is 17.6. The highest BCUT2D eigenvalue weighted by Gasteiger charge is 2.52. The van der Waals surface area contributed by atoms with E-state index in [-0.39, 0.29) is 11.5 Å². The van der Waals surface area contributed by atoms with Gasteiger partial charge in [-0.1, -0.05) is 34.1 Å². The molecule has 1 saturated carbocycles. The lowest BCUT2D eigenvalue weighted by molar-refractivity contribution is -0.0497. The van der Waals surface area contributed by atoms with E-state index >= 15 is 0 Å². The second-order valence-electron chi connectivity index (χ2n) is 9.20. The molecule has 4 atom stereocenters. The first-order valence-electron chi connectivity index (χ1n) is 9.45. The highest BCUT2D eigenvalue weighted by molar-refractivity contribution is 5.37. The molecule has 3 heteroatoms. The van der Waals surface area contributed by atoms with Crippen molar-refractivity contribution in [2.24, 2.45) is 28.6 Å². The van der Waals surface area contributed by atoms with Crippen LogP contribution in [0.2, 0.25) is 0 Å². The van der Waals surface area contributed by atoms with Gasteiger partial charge >= 0.3 is 0 Å². The predicted molar refractivity (Wildman–Crippen MR) is 98.2 cm³/mol. The van der Waals surface area contributed by atoms with Gasteiger partial charge in [-0.2, -0.15) is 0 Å². The van der Waals surface area contributed by atoms with Crippen molar-refractivity contribution in [3.05, 3.63) is 23.8 Å². The number of phenols is 2. The minimum absolute atomic E-state index is 0.165. The summed E-state index contributed by atoms with van der Waals surface area (Å²) in [4.78, 5) is 0. The fourth-order valence-electron chi connectivity index (χ4n) is 5.87. The van der Waals surface area contributed by atoms with E-state index in [4.69, 9.17) is 0 Å². The van der Waals surface area contributed by atoms with Gasteiger partial charge in [-0.3, -0.25) is 0 Å². The maximum atomic E-state index is 9.84. The maximum absolute atomic E-state index is 9.84. The number of nitrogens with one attached hydrogen (secondary N) is 1. The molecule has 134 valence electrons. The van der Waals surface area contributed by atoms with Crippen molar-refractivity contribution in [3.63, 3.8) is 0 Å². The summed E-state index contributed by atoms with van der Waals surface area (Å²) in [6.07, 6.45) is 4.74. The summed E-state index contributed by atoms with van der Waals surface area (Å²) in [6, 6.07) is 5.05. The van der Waals surface area contributed by atoms with Crippen LogP contribution in [0.3, 0.4) is 0 Å². The fourth-order valence-corrected chi connectivity index (χ4v) is 5.87. The molecular weight excluding hydrogens is 298 g/mol. The molecule has 2 aliphatic rings. The molecule has 1 aliphatic heterocycles. The van der Waals surface area contributed by atoms with E-state index in [0.29, 0.717) is 28.6 Å². The molecule has 3 N–H and O–H groups in total. The summed E-state index contributed by atoms with van der Waals surface area (Å²) in [6.45, 7) is 11.9.